The number of carbonyl (C=O) groups is 1. The van der Waals surface area contributed by atoms with Crippen molar-refractivity contribution < 1.29 is 9.53 Å². The Balaban J connectivity index is 1.92. The molecule has 1 amide bonds. The fourth-order valence-electron chi connectivity index (χ4n) is 2.05. The second-order valence-corrected chi connectivity index (χ2v) is 5.51. The number of halogens is 1. The third kappa shape index (κ3) is 3.70. The van der Waals surface area contributed by atoms with Crippen LogP contribution in [-0.2, 0) is 11.3 Å². The summed E-state index contributed by atoms with van der Waals surface area (Å²) in [6.07, 6.45) is 2.24. The minimum Gasteiger partial charge on any atom is -0.484 e. The minimum absolute atomic E-state index is 0.0576. The van der Waals surface area contributed by atoms with Crippen molar-refractivity contribution in [1.82, 2.24) is 4.90 Å². The quantitative estimate of drug-likeness (QED) is 0.872. The standard InChI is InChI=1S/C14H19BrN2O2/c1-2-17(11-3-4-11)14(18)9-19-12-5-6-13(15)10(7-12)8-16/h5-7,11H,2-4,8-9,16H2,1H3. The molecule has 1 aliphatic rings. The summed E-state index contributed by atoms with van der Waals surface area (Å²) in [5, 5.41) is 0. The van der Waals surface area contributed by atoms with E-state index in [0.717, 1.165) is 29.4 Å². The molecular formula is C14H19BrN2O2. The Labute approximate surface area is 122 Å². The Morgan fingerprint density at radius 3 is 2.84 bits per heavy atom. The third-order valence-corrected chi connectivity index (χ3v) is 4.02. The predicted molar refractivity (Wildman–Crippen MR) is 77.9 cm³/mol. The van der Waals surface area contributed by atoms with Crippen LogP contribution in [0.1, 0.15) is 25.3 Å². The van der Waals surface area contributed by atoms with Crippen LogP contribution in [-0.4, -0.2) is 30.0 Å². The van der Waals surface area contributed by atoms with E-state index in [0.29, 0.717) is 18.3 Å². The summed E-state index contributed by atoms with van der Waals surface area (Å²) in [4.78, 5) is 13.9. The number of hydrogen-bond donors (Lipinski definition) is 1. The van der Waals surface area contributed by atoms with Gasteiger partial charge in [-0.15, -0.1) is 0 Å². The molecule has 1 saturated carbocycles. The number of rotatable bonds is 6. The van der Waals surface area contributed by atoms with Crippen LogP contribution < -0.4 is 10.5 Å². The lowest BCUT2D eigenvalue weighted by Crippen LogP contribution is -2.36. The predicted octanol–water partition coefficient (Wildman–Crippen LogP) is 2.30. The number of nitrogens with two attached hydrogens (primary N) is 1. The van der Waals surface area contributed by atoms with Crippen molar-refractivity contribution in [3.63, 3.8) is 0 Å². The second-order valence-electron chi connectivity index (χ2n) is 4.66. The van der Waals surface area contributed by atoms with Crippen LogP contribution in [0.25, 0.3) is 0 Å². The van der Waals surface area contributed by atoms with Gasteiger partial charge >= 0.3 is 0 Å². The summed E-state index contributed by atoms with van der Waals surface area (Å²) < 4.78 is 6.52. The summed E-state index contributed by atoms with van der Waals surface area (Å²) in [5.41, 5.74) is 6.60. The van der Waals surface area contributed by atoms with Gasteiger partial charge in [0.25, 0.3) is 5.91 Å². The van der Waals surface area contributed by atoms with E-state index in [1.54, 1.807) is 0 Å². The average molecular weight is 327 g/mol. The molecule has 0 aliphatic heterocycles. The van der Waals surface area contributed by atoms with E-state index in [1.807, 2.05) is 30.0 Å². The highest BCUT2D eigenvalue weighted by molar-refractivity contribution is 9.10. The zero-order chi connectivity index (χ0) is 13.8. The van der Waals surface area contributed by atoms with E-state index in [1.165, 1.54) is 0 Å². The lowest BCUT2D eigenvalue weighted by molar-refractivity contribution is -0.133. The maximum atomic E-state index is 12.0. The molecule has 1 fully saturated rings. The summed E-state index contributed by atoms with van der Waals surface area (Å²) in [6.45, 7) is 3.29. The van der Waals surface area contributed by atoms with Crippen molar-refractivity contribution in [3.05, 3.63) is 28.2 Å². The largest absolute Gasteiger partial charge is 0.484 e. The number of ether oxygens (including phenoxy) is 1. The van der Waals surface area contributed by atoms with Crippen LogP contribution in [0.4, 0.5) is 0 Å². The molecular weight excluding hydrogens is 308 g/mol. The fraction of sp³-hybridized carbons (Fsp3) is 0.500. The number of likely N-dealkylation sites (N-methyl/N-ethyl adjacent to an activating group) is 1. The fourth-order valence-corrected chi connectivity index (χ4v) is 2.46. The zero-order valence-electron chi connectivity index (χ0n) is 11.1. The molecule has 5 heteroatoms. The molecule has 1 aromatic carbocycles. The van der Waals surface area contributed by atoms with Crippen LogP contribution in [0.3, 0.4) is 0 Å². The highest BCUT2D eigenvalue weighted by atomic mass is 79.9. The van der Waals surface area contributed by atoms with Crippen molar-refractivity contribution in [2.45, 2.75) is 32.4 Å². The molecule has 1 aromatic rings. The van der Waals surface area contributed by atoms with Gasteiger partial charge < -0.3 is 15.4 Å². The minimum atomic E-state index is 0.0576. The molecule has 1 aliphatic carbocycles. The molecule has 0 heterocycles. The third-order valence-electron chi connectivity index (χ3n) is 3.25. The normalized spacial score (nSPS) is 14.3. The molecule has 0 radical (unpaired) electrons. The van der Waals surface area contributed by atoms with Gasteiger partial charge in [-0.25, -0.2) is 0 Å². The Hall–Kier alpha value is -1.07. The van der Waals surface area contributed by atoms with Gasteiger partial charge in [0.1, 0.15) is 5.75 Å². The molecule has 0 aromatic heterocycles. The average Bonchev–Trinajstić information content (AvgIpc) is 3.23. The molecule has 0 spiro atoms. The lowest BCUT2D eigenvalue weighted by Gasteiger charge is -2.20. The van der Waals surface area contributed by atoms with Crippen LogP contribution in [0.2, 0.25) is 0 Å². The van der Waals surface area contributed by atoms with Gasteiger partial charge in [-0.1, -0.05) is 15.9 Å². The van der Waals surface area contributed by atoms with Gasteiger partial charge in [0, 0.05) is 23.6 Å². The van der Waals surface area contributed by atoms with E-state index < -0.39 is 0 Å². The van der Waals surface area contributed by atoms with Gasteiger partial charge in [0.2, 0.25) is 0 Å². The van der Waals surface area contributed by atoms with Gasteiger partial charge in [0.05, 0.1) is 0 Å². The van der Waals surface area contributed by atoms with E-state index in [4.69, 9.17) is 10.5 Å². The molecule has 19 heavy (non-hydrogen) atoms. The molecule has 104 valence electrons. The zero-order valence-corrected chi connectivity index (χ0v) is 12.6. The SMILES string of the molecule is CCN(C(=O)COc1ccc(Br)c(CN)c1)C1CC1. The number of carbonyl (C=O) groups excluding carboxylic acids is 1. The van der Waals surface area contributed by atoms with Crippen molar-refractivity contribution in [3.8, 4) is 5.75 Å². The molecule has 0 saturated heterocycles. The van der Waals surface area contributed by atoms with Gasteiger partial charge in [-0.2, -0.15) is 0 Å². The number of nitrogens with zero attached hydrogens (tertiary/aromatic N) is 1. The maximum absolute atomic E-state index is 12.0. The van der Waals surface area contributed by atoms with Crippen molar-refractivity contribution in [2.75, 3.05) is 13.2 Å². The summed E-state index contributed by atoms with van der Waals surface area (Å²) in [6, 6.07) is 6.03. The van der Waals surface area contributed by atoms with E-state index in [9.17, 15) is 4.79 Å². The lowest BCUT2D eigenvalue weighted by atomic mass is 10.2. The summed E-state index contributed by atoms with van der Waals surface area (Å²) >= 11 is 3.42. The first-order valence-corrected chi connectivity index (χ1v) is 7.35. The topological polar surface area (TPSA) is 55.6 Å². The first-order valence-electron chi connectivity index (χ1n) is 6.56. The van der Waals surface area contributed by atoms with E-state index >= 15 is 0 Å². The van der Waals surface area contributed by atoms with Crippen molar-refractivity contribution >= 4 is 21.8 Å². The summed E-state index contributed by atoms with van der Waals surface area (Å²) in [7, 11) is 0. The Kier molecular flexibility index (Phi) is 4.82. The van der Waals surface area contributed by atoms with Crippen LogP contribution in [0.5, 0.6) is 5.75 Å². The highest BCUT2D eigenvalue weighted by Crippen LogP contribution is 2.27. The molecule has 0 atom stereocenters. The van der Waals surface area contributed by atoms with Gasteiger partial charge in [-0.05, 0) is 43.5 Å². The molecule has 2 N–H and O–H groups in total. The van der Waals surface area contributed by atoms with E-state index in [-0.39, 0.29) is 12.5 Å². The van der Waals surface area contributed by atoms with E-state index in [2.05, 4.69) is 15.9 Å². The Morgan fingerprint density at radius 1 is 1.53 bits per heavy atom. The van der Waals surface area contributed by atoms with Crippen LogP contribution in [0.15, 0.2) is 22.7 Å². The number of benzene rings is 1. The van der Waals surface area contributed by atoms with Crippen molar-refractivity contribution in [2.24, 2.45) is 5.73 Å². The maximum Gasteiger partial charge on any atom is 0.260 e. The molecule has 4 nitrogen and oxygen atoms in total. The molecule has 0 unspecified atom stereocenters. The summed E-state index contributed by atoms with van der Waals surface area (Å²) in [5.74, 6) is 0.742. The van der Waals surface area contributed by atoms with Crippen molar-refractivity contribution in [1.29, 1.82) is 0 Å². The highest BCUT2D eigenvalue weighted by Gasteiger charge is 2.31. The second kappa shape index (κ2) is 6.39. The molecule has 0 bridgehead atoms. The first-order chi connectivity index (χ1) is 9.15. The van der Waals surface area contributed by atoms with Gasteiger partial charge in [0.15, 0.2) is 6.61 Å². The smallest absolute Gasteiger partial charge is 0.260 e. The van der Waals surface area contributed by atoms with Gasteiger partial charge in [-0.3, -0.25) is 4.79 Å². The Bertz CT molecular complexity index is 461. The monoisotopic (exact) mass is 326 g/mol. The molecule has 2 rings (SSSR count). The number of amides is 1. The Morgan fingerprint density at radius 2 is 2.26 bits per heavy atom. The first kappa shape index (κ1) is 14.3. The van der Waals surface area contributed by atoms with Crippen LogP contribution in [0, 0.1) is 0 Å². The van der Waals surface area contributed by atoms with Crippen LogP contribution >= 0.6 is 15.9 Å². The number of hydrogen-bond acceptors (Lipinski definition) is 3.